The van der Waals surface area contributed by atoms with Crippen LogP contribution in [0, 0.1) is 13.8 Å². The number of pyridine rings is 1. The molecule has 0 radical (unpaired) electrons. The summed E-state index contributed by atoms with van der Waals surface area (Å²) in [6.45, 7) is 6.19. The van der Waals surface area contributed by atoms with Crippen molar-refractivity contribution < 1.29 is 4.42 Å². The zero-order chi connectivity index (χ0) is 24.2. The van der Waals surface area contributed by atoms with Crippen molar-refractivity contribution in [3.05, 3.63) is 111 Å². The number of H-pyrrole nitrogens is 1. The third-order valence-corrected chi connectivity index (χ3v) is 6.30. The highest BCUT2D eigenvalue weighted by atomic mass is 16.3. The standard InChI is InChI=1S/C27H28N6O2/c1-19-10-11-20(2)26-24(19)15-22(27(34)28-26)16-32(17-23-9-6-14-35-23)18-25-29-30-31-33(25)13-12-21-7-4-3-5-8-21/h3-11,14-15H,12-13,16-18H2,1-2H3,(H,28,34). The van der Waals surface area contributed by atoms with E-state index in [0.717, 1.165) is 40.0 Å². The fourth-order valence-electron chi connectivity index (χ4n) is 4.36. The first-order chi connectivity index (χ1) is 17.1. The average Bonchev–Trinajstić information content (AvgIpc) is 3.54. The summed E-state index contributed by atoms with van der Waals surface area (Å²) in [5, 5.41) is 13.5. The van der Waals surface area contributed by atoms with E-state index in [-0.39, 0.29) is 5.56 Å². The Kier molecular flexibility index (Phi) is 6.54. The number of tetrazole rings is 1. The summed E-state index contributed by atoms with van der Waals surface area (Å²) in [6.07, 6.45) is 2.49. The molecule has 0 atom stereocenters. The summed E-state index contributed by atoms with van der Waals surface area (Å²) in [5.74, 6) is 1.56. The van der Waals surface area contributed by atoms with E-state index in [0.29, 0.717) is 31.7 Å². The number of rotatable bonds is 9. The topological polar surface area (TPSA) is 92.8 Å². The molecule has 0 saturated carbocycles. The van der Waals surface area contributed by atoms with E-state index in [1.54, 1.807) is 6.26 Å². The zero-order valence-electron chi connectivity index (χ0n) is 19.9. The maximum atomic E-state index is 13.0. The monoisotopic (exact) mass is 468 g/mol. The Morgan fingerprint density at radius 1 is 0.971 bits per heavy atom. The smallest absolute Gasteiger partial charge is 0.252 e. The molecule has 5 aromatic rings. The summed E-state index contributed by atoms with van der Waals surface area (Å²) in [7, 11) is 0. The number of hydrogen-bond donors (Lipinski definition) is 1. The van der Waals surface area contributed by atoms with Crippen molar-refractivity contribution in [1.82, 2.24) is 30.1 Å². The lowest BCUT2D eigenvalue weighted by atomic mass is 10.0. The maximum Gasteiger partial charge on any atom is 0.252 e. The van der Waals surface area contributed by atoms with Gasteiger partial charge in [0.1, 0.15) is 5.76 Å². The van der Waals surface area contributed by atoms with Crippen LogP contribution in [0.5, 0.6) is 0 Å². The van der Waals surface area contributed by atoms with Crippen molar-refractivity contribution >= 4 is 10.9 Å². The maximum absolute atomic E-state index is 13.0. The Balaban J connectivity index is 1.41. The van der Waals surface area contributed by atoms with E-state index in [4.69, 9.17) is 4.42 Å². The van der Waals surface area contributed by atoms with E-state index < -0.39 is 0 Å². The van der Waals surface area contributed by atoms with Gasteiger partial charge in [-0.05, 0) is 65.6 Å². The molecule has 8 nitrogen and oxygen atoms in total. The van der Waals surface area contributed by atoms with Gasteiger partial charge in [-0.3, -0.25) is 9.69 Å². The molecule has 0 aliphatic carbocycles. The van der Waals surface area contributed by atoms with Gasteiger partial charge in [0.25, 0.3) is 5.56 Å². The minimum absolute atomic E-state index is 0.0840. The van der Waals surface area contributed by atoms with Gasteiger partial charge in [-0.25, -0.2) is 4.68 Å². The largest absolute Gasteiger partial charge is 0.468 e. The number of fused-ring (bicyclic) bond motifs is 1. The van der Waals surface area contributed by atoms with Crippen LogP contribution in [0.1, 0.15) is 33.8 Å². The molecule has 0 aliphatic rings. The molecule has 3 heterocycles. The number of furan rings is 1. The van der Waals surface area contributed by atoms with Crippen LogP contribution in [0.15, 0.2) is 76.1 Å². The first-order valence-electron chi connectivity index (χ1n) is 11.7. The lowest BCUT2D eigenvalue weighted by Gasteiger charge is -2.21. The first-order valence-corrected chi connectivity index (χ1v) is 11.7. The van der Waals surface area contributed by atoms with Gasteiger partial charge in [-0.15, -0.1) is 5.10 Å². The second kappa shape index (κ2) is 10.1. The molecule has 0 saturated heterocycles. The van der Waals surface area contributed by atoms with Crippen molar-refractivity contribution in [2.24, 2.45) is 0 Å². The zero-order valence-corrected chi connectivity index (χ0v) is 19.9. The highest BCUT2D eigenvalue weighted by molar-refractivity contribution is 5.85. The third-order valence-electron chi connectivity index (χ3n) is 6.30. The Hall–Kier alpha value is -4.04. The number of nitrogens with zero attached hydrogens (tertiary/aromatic N) is 5. The molecular weight excluding hydrogens is 440 g/mol. The van der Waals surface area contributed by atoms with E-state index >= 15 is 0 Å². The molecule has 8 heteroatoms. The fraction of sp³-hybridized carbons (Fsp3) is 0.259. The predicted octanol–water partition coefficient (Wildman–Crippen LogP) is 4.17. The van der Waals surface area contributed by atoms with Gasteiger partial charge in [0, 0.05) is 24.0 Å². The van der Waals surface area contributed by atoms with Crippen LogP contribution in [0.3, 0.4) is 0 Å². The van der Waals surface area contributed by atoms with Gasteiger partial charge in [0.15, 0.2) is 5.82 Å². The van der Waals surface area contributed by atoms with Crippen LogP contribution in [-0.2, 0) is 32.6 Å². The van der Waals surface area contributed by atoms with Crippen molar-refractivity contribution in [2.75, 3.05) is 0 Å². The minimum Gasteiger partial charge on any atom is -0.468 e. The fourth-order valence-corrected chi connectivity index (χ4v) is 4.36. The van der Waals surface area contributed by atoms with Crippen LogP contribution in [0.25, 0.3) is 10.9 Å². The number of nitrogens with one attached hydrogen (secondary N) is 1. The molecule has 2 aromatic carbocycles. The van der Waals surface area contributed by atoms with Gasteiger partial charge in [0.05, 0.1) is 24.9 Å². The minimum atomic E-state index is -0.0840. The van der Waals surface area contributed by atoms with E-state index in [1.807, 2.05) is 54.1 Å². The van der Waals surface area contributed by atoms with Crippen LogP contribution in [0.4, 0.5) is 0 Å². The molecular formula is C27H28N6O2. The van der Waals surface area contributed by atoms with Gasteiger partial charge < -0.3 is 9.40 Å². The van der Waals surface area contributed by atoms with Gasteiger partial charge in [-0.2, -0.15) is 0 Å². The van der Waals surface area contributed by atoms with Crippen LogP contribution in [0.2, 0.25) is 0 Å². The van der Waals surface area contributed by atoms with Crippen molar-refractivity contribution in [3.8, 4) is 0 Å². The van der Waals surface area contributed by atoms with Crippen molar-refractivity contribution in [1.29, 1.82) is 0 Å². The molecule has 0 fully saturated rings. The summed E-state index contributed by atoms with van der Waals surface area (Å²) >= 11 is 0. The normalized spacial score (nSPS) is 11.5. The highest BCUT2D eigenvalue weighted by Crippen LogP contribution is 2.21. The average molecular weight is 469 g/mol. The van der Waals surface area contributed by atoms with Crippen molar-refractivity contribution in [2.45, 2.75) is 46.4 Å². The van der Waals surface area contributed by atoms with E-state index in [2.05, 4.69) is 50.5 Å². The Labute approximate surface area is 203 Å². The summed E-state index contributed by atoms with van der Waals surface area (Å²) in [5.41, 5.74) is 4.92. The predicted molar refractivity (Wildman–Crippen MR) is 134 cm³/mol. The van der Waals surface area contributed by atoms with E-state index in [1.165, 1.54) is 5.56 Å². The van der Waals surface area contributed by atoms with Gasteiger partial charge in [0.2, 0.25) is 0 Å². The second-order valence-corrected chi connectivity index (χ2v) is 8.89. The number of aromatic amines is 1. The number of benzene rings is 2. The SMILES string of the molecule is Cc1ccc(C)c2[nH]c(=O)c(CN(Cc3ccco3)Cc3nnnn3CCc3ccccc3)cc12. The Bertz CT molecular complexity index is 1470. The second-order valence-electron chi connectivity index (χ2n) is 8.89. The molecule has 35 heavy (non-hydrogen) atoms. The van der Waals surface area contributed by atoms with Gasteiger partial charge >= 0.3 is 0 Å². The third kappa shape index (κ3) is 5.22. The Morgan fingerprint density at radius 2 is 1.80 bits per heavy atom. The molecule has 0 bridgehead atoms. The molecule has 0 unspecified atom stereocenters. The number of aromatic nitrogens is 5. The molecule has 0 spiro atoms. The van der Waals surface area contributed by atoms with Crippen molar-refractivity contribution in [3.63, 3.8) is 0 Å². The van der Waals surface area contributed by atoms with E-state index in [9.17, 15) is 4.79 Å². The molecule has 178 valence electrons. The lowest BCUT2D eigenvalue weighted by molar-refractivity contribution is 0.216. The van der Waals surface area contributed by atoms with Gasteiger partial charge in [-0.1, -0.05) is 42.5 Å². The molecule has 1 N–H and O–H groups in total. The molecule has 3 aromatic heterocycles. The first kappa shape index (κ1) is 22.7. The lowest BCUT2D eigenvalue weighted by Crippen LogP contribution is -2.28. The molecule has 0 amide bonds. The summed E-state index contributed by atoms with van der Waals surface area (Å²) in [6, 6.07) is 20.2. The summed E-state index contributed by atoms with van der Waals surface area (Å²) in [4.78, 5) is 18.2. The number of aryl methyl sites for hydroxylation is 4. The quantitative estimate of drug-likeness (QED) is 0.349. The van der Waals surface area contributed by atoms with Crippen LogP contribution >= 0.6 is 0 Å². The highest BCUT2D eigenvalue weighted by Gasteiger charge is 2.17. The van der Waals surface area contributed by atoms with Crippen LogP contribution < -0.4 is 5.56 Å². The molecule has 5 rings (SSSR count). The van der Waals surface area contributed by atoms with Crippen LogP contribution in [-0.4, -0.2) is 30.1 Å². The Morgan fingerprint density at radius 3 is 2.60 bits per heavy atom. The summed E-state index contributed by atoms with van der Waals surface area (Å²) < 4.78 is 7.44. The molecule has 0 aliphatic heterocycles. The number of hydrogen-bond acceptors (Lipinski definition) is 6.